The first-order chi connectivity index (χ1) is 10.5. The monoisotopic (exact) mass is 299 g/mol. The van der Waals surface area contributed by atoms with Crippen LogP contribution < -0.4 is 4.74 Å². The number of allylic oxidation sites excluding steroid dienone is 1. The van der Waals surface area contributed by atoms with Crippen LogP contribution in [0.4, 0.5) is 0 Å². The highest BCUT2D eigenvalue weighted by molar-refractivity contribution is 5.87. The normalized spacial score (nSPS) is 12.7. The Hall–Kier alpha value is -2.66. The molecule has 2 aromatic rings. The first-order valence-corrected chi connectivity index (χ1v) is 6.82. The van der Waals surface area contributed by atoms with Crippen LogP contribution in [0.25, 0.3) is 0 Å². The molecule has 1 heterocycles. The SMILES string of the molecule is CC(=O)/C=C(\O)CC(O)c1cccc(Oc2ccccc2)n1. The van der Waals surface area contributed by atoms with Gasteiger partial charge in [-0.05, 0) is 25.1 Å². The summed E-state index contributed by atoms with van der Waals surface area (Å²) in [6.07, 6.45) is -0.0236. The maximum atomic E-state index is 10.9. The fourth-order valence-electron chi connectivity index (χ4n) is 1.88. The lowest BCUT2D eigenvalue weighted by molar-refractivity contribution is -0.112. The minimum absolute atomic E-state index is 0.0820. The van der Waals surface area contributed by atoms with Crippen molar-refractivity contribution >= 4 is 5.78 Å². The Balaban J connectivity index is 2.09. The summed E-state index contributed by atoms with van der Waals surface area (Å²) in [6, 6.07) is 14.2. The third-order valence-electron chi connectivity index (χ3n) is 2.82. The van der Waals surface area contributed by atoms with Crippen LogP contribution in [0, 0.1) is 0 Å². The zero-order valence-corrected chi connectivity index (χ0v) is 12.1. The molecular weight excluding hydrogens is 282 g/mol. The summed E-state index contributed by atoms with van der Waals surface area (Å²) >= 11 is 0. The second-order valence-electron chi connectivity index (χ2n) is 4.78. The second-order valence-corrected chi connectivity index (χ2v) is 4.78. The molecule has 1 aromatic carbocycles. The fourth-order valence-corrected chi connectivity index (χ4v) is 1.88. The zero-order chi connectivity index (χ0) is 15.9. The van der Waals surface area contributed by atoms with Crippen molar-refractivity contribution in [1.82, 2.24) is 4.98 Å². The van der Waals surface area contributed by atoms with Crippen molar-refractivity contribution in [3.8, 4) is 11.6 Å². The van der Waals surface area contributed by atoms with Crippen LogP contribution in [0.1, 0.15) is 25.1 Å². The van der Waals surface area contributed by atoms with Gasteiger partial charge in [0, 0.05) is 18.6 Å². The molecule has 0 aliphatic carbocycles. The number of carbonyl (C=O) groups excluding carboxylic acids is 1. The summed E-state index contributed by atoms with van der Waals surface area (Å²) in [5.74, 6) is 0.522. The van der Waals surface area contributed by atoms with Crippen LogP contribution in [-0.2, 0) is 4.79 Å². The predicted molar refractivity (Wildman–Crippen MR) is 81.7 cm³/mol. The Morgan fingerprint density at radius 3 is 2.64 bits per heavy atom. The highest BCUT2D eigenvalue weighted by Crippen LogP contribution is 2.23. The van der Waals surface area contributed by atoms with Crippen molar-refractivity contribution in [3.05, 3.63) is 66.1 Å². The molecule has 0 amide bonds. The lowest BCUT2D eigenvalue weighted by Crippen LogP contribution is -2.03. The number of aliphatic hydroxyl groups excluding tert-OH is 2. The summed E-state index contributed by atoms with van der Waals surface area (Å²) in [7, 11) is 0. The Kier molecular flexibility index (Phi) is 5.27. The van der Waals surface area contributed by atoms with Crippen LogP contribution in [0.3, 0.4) is 0 Å². The molecule has 2 rings (SSSR count). The van der Waals surface area contributed by atoms with Gasteiger partial charge < -0.3 is 14.9 Å². The highest BCUT2D eigenvalue weighted by Gasteiger charge is 2.13. The Morgan fingerprint density at radius 2 is 1.95 bits per heavy atom. The molecule has 5 heteroatoms. The average molecular weight is 299 g/mol. The number of hydrogen-bond acceptors (Lipinski definition) is 5. The van der Waals surface area contributed by atoms with Crippen molar-refractivity contribution in [2.45, 2.75) is 19.4 Å². The Labute approximate surface area is 128 Å². The molecule has 0 aliphatic heterocycles. The van der Waals surface area contributed by atoms with Gasteiger partial charge >= 0.3 is 0 Å². The molecule has 0 aliphatic rings. The summed E-state index contributed by atoms with van der Waals surface area (Å²) in [5, 5.41) is 19.6. The molecule has 5 nitrogen and oxygen atoms in total. The number of aliphatic hydroxyl groups is 2. The average Bonchev–Trinajstić information content (AvgIpc) is 2.47. The molecule has 1 unspecified atom stereocenters. The first kappa shape index (κ1) is 15.7. The molecular formula is C17H17NO4. The first-order valence-electron chi connectivity index (χ1n) is 6.82. The smallest absolute Gasteiger partial charge is 0.219 e. The van der Waals surface area contributed by atoms with Crippen molar-refractivity contribution in [3.63, 3.8) is 0 Å². The molecule has 0 fully saturated rings. The molecule has 0 radical (unpaired) electrons. The molecule has 0 spiro atoms. The number of pyridine rings is 1. The number of aromatic nitrogens is 1. The minimum atomic E-state index is -1.02. The number of rotatable bonds is 6. The third-order valence-corrected chi connectivity index (χ3v) is 2.82. The molecule has 0 bridgehead atoms. The van der Waals surface area contributed by atoms with Gasteiger partial charge in [0.05, 0.1) is 11.5 Å². The van der Waals surface area contributed by atoms with Crippen LogP contribution in [0.5, 0.6) is 11.6 Å². The van der Waals surface area contributed by atoms with Crippen LogP contribution in [-0.4, -0.2) is 21.0 Å². The van der Waals surface area contributed by atoms with Gasteiger partial charge in [0.1, 0.15) is 11.9 Å². The van der Waals surface area contributed by atoms with E-state index in [1.165, 1.54) is 6.92 Å². The standard InChI is InChI=1S/C17H17NO4/c1-12(19)10-13(20)11-16(21)15-8-5-9-17(18-15)22-14-6-3-2-4-7-14/h2-10,16,20-21H,11H2,1H3/b13-10-. The van der Waals surface area contributed by atoms with E-state index in [9.17, 15) is 15.0 Å². The van der Waals surface area contributed by atoms with Gasteiger partial charge in [-0.15, -0.1) is 0 Å². The minimum Gasteiger partial charge on any atom is -0.512 e. The predicted octanol–water partition coefficient (Wildman–Crippen LogP) is 3.33. The third kappa shape index (κ3) is 4.71. The quantitative estimate of drug-likeness (QED) is 0.632. The lowest BCUT2D eigenvalue weighted by Gasteiger charge is -2.11. The number of para-hydroxylation sites is 1. The number of hydrogen-bond donors (Lipinski definition) is 2. The molecule has 0 saturated heterocycles. The summed E-state index contributed by atoms with van der Waals surface area (Å²) in [4.78, 5) is 15.1. The summed E-state index contributed by atoms with van der Waals surface area (Å²) < 4.78 is 5.59. The largest absolute Gasteiger partial charge is 0.512 e. The van der Waals surface area contributed by atoms with Gasteiger partial charge in [0.25, 0.3) is 0 Å². The van der Waals surface area contributed by atoms with E-state index in [0.29, 0.717) is 17.3 Å². The summed E-state index contributed by atoms with van der Waals surface area (Å²) in [5.41, 5.74) is 0.358. The Morgan fingerprint density at radius 1 is 1.23 bits per heavy atom. The number of carbonyl (C=O) groups is 1. The maximum absolute atomic E-state index is 10.9. The maximum Gasteiger partial charge on any atom is 0.219 e. The van der Waals surface area contributed by atoms with E-state index in [4.69, 9.17) is 4.74 Å². The molecule has 0 saturated carbocycles. The van der Waals surface area contributed by atoms with Gasteiger partial charge in [-0.25, -0.2) is 4.98 Å². The summed E-state index contributed by atoms with van der Waals surface area (Å²) in [6.45, 7) is 1.33. The van der Waals surface area contributed by atoms with Gasteiger partial charge in [-0.3, -0.25) is 4.79 Å². The number of ether oxygens (including phenoxy) is 1. The molecule has 1 aromatic heterocycles. The van der Waals surface area contributed by atoms with Gasteiger partial charge in [-0.1, -0.05) is 24.3 Å². The van der Waals surface area contributed by atoms with E-state index in [0.717, 1.165) is 6.08 Å². The molecule has 114 valence electrons. The van der Waals surface area contributed by atoms with Crippen LogP contribution in [0.2, 0.25) is 0 Å². The van der Waals surface area contributed by atoms with E-state index >= 15 is 0 Å². The highest BCUT2D eigenvalue weighted by atomic mass is 16.5. The van der Waals surface area contributed by atoms with Crippen LogP contribution >= 0.6 is 0 Å². The van der Waals surface area contributed by atoms with Gasteiger partial charge in [-0.2, -0.15) is 0 Å². The number of ketones is 1. The van der Waals surface area contributed by atoms with Crippen molar-refractivity contribution < 1.29 is 19.7 Å². The van der Waals surface area contributed by atoms with E-state index in [1.807, 2.05) is 18.2 Å². The van der Waals surface area contributed by atoms with Crippen molar-refractivity contribution in [1.29, 1.82) is 0 Å². The van der Waals surface area contributed by atoms with E-state index in [-0.39, 0.29) is 18.0 Å². The topological polar surface area (TPSA) is 79.7 Å². The van der Waals surface area contributed by atoms with Gasteiger partial charge in [0.2, 0.25) is 5.88 Å². The van der Waals surface area contributed by atoms with Crippen LogP contribution in [0.15, 0.2) is 60.4 Å². The second kappa shape index (κ2) is 7.38. The molecule has 2 N–H and O–H groups in total. The number of benzene rings is 1. The van der Waals surface area contributed by atoms with Crippen molar-refractivity contribution in [2.75, 3.05) is 0 Å². The van der Waals surface area contributed by atoms with Crippen molar-refractivity contribution in [2.24, 2.45) is 0 Å². The molecule has 22 heavy (non-hydrogen) atoms. The van der Waals surface area contributed by atoms with E-state index in [2.05, 4.69) is 4.98 Å². The Bertz CT molecular complexity index is 667. The van der Waals surface area contributed by atoms with Gasteiger partial charge in [0.15, 0.2) is 5.78 Å². The van der Waals surface area contributed by atoms with E-state index in [1.54, 1.807) is 30.3 Å². The van der Waals surface area contributed by atoms with E-state index < -0.39 is 6.10 Å². The number of nitrogens with zero attached hydrogens (tertiary/aromatic N) is 1. The lowest BCUT2D eigenvalue weighted by atomic mass is 10.1. The zero-order valence-electron chi connectivity index (χ0n) is 12.1. The fraction of sp³-hybridized carbons (Fsp3) is 0.176. The molecule has 1 atom stereocenters.